The first-order valence-corrected chi connectivity index (χ1v) is 6.45. The van der Waals surface area contributed by atoms with Crippen LogP contribution in [0, 0.1) is 6.92 Å². The number of hydrogen-bond acceptors (Lipinski definition) is 2. The van der Waals surface area contributed by atoms with Gasteiger partial charge in [0.05, 0.1) is 6.04 Å². The van der Waals surface area contributed by atoms with Crippen molar-refractivity contribution in [3.8, 4) is 0 Å². The van der Waals surface area contributed by atoms with Crippen molar-refractivity contribution in [3.05, 3.63) is 47.0 Å². The maximum Gasteiger partial charge on any atom is 0.328 e. The molecule has 0 heterocycles. The van der Waals surface area contributed by atoms with Crippen molar-refractivity contribution in [2.75, 3.05) is 7.05 Å². The van der Waals surface area contributed by atoms with Crippen LogP contribution in [0.25, 0.3) is 0 Å². The molecule has 1 rings (SSSR count). The van der Waals surface area contributed by atoms with Gasteiger partial charge in [0.1, 0.15) is 0 Å². The Morgan fingerprint density at radius 1 is 1.37 bits per heavy atom. The largest absolute Gasteiger partial charge is 0.478 e. The average Bonchev–Trinajstić information content (AvgIpc) is 2.30. The molecule has 0 bridgehead atoms. The fourth-order valence-corrected chi connectivity index (χ4v) is 1.98. The Morgan fingerprint density at radius 2 is 2.00 bits per heavy atom. The highest BCUT2D eigenvalue weighted by Crippen LogP contribution is 2.27. The molecule has 0 saturated heterocycles. The summed E-state index contributed by atoms with van der Waals surface area (Å²) in [7, 11) is 1.83. The number of likely N-dealkylation sites (N-methyl/N-ethyl adjacent to an activating group) is 1. The second-order valence-electron chi connectivity index (χ2n) is 5.79. The lowest BCUT2D eigenvalue weighted by Crippen LogP contribution is -2.18. The van der Waals surface area contributed by atoms with Crippen molar-refractivity contribution in [2.45, 2.75) is 39.2 Å². The summed E-state index contributed by atoms with van der Waals surface area (Å²) in [5.41, 5.74) is 3.60. The normalized spacial score (nSPS) is 13.7. The fourth-order valence-electron chi connectivity index (χ4n) is 1.98. The minimum absolute atomic E-state index is 0.0806. The number of carboxylic acid groups (broad SMARTS) is 1. The summed E-state index contributed by atoms with van der Waals surface area (Å²) in [6.45, 7) is 8.55. The highest BCUT2D eigenvalue weighted by Gasteiger charge is 2.17. The van der Waals surface area contributed by atoms with Crippen LogP contribution in [0.4, 0.5) is 0 Å². The van der Waals surface area contributed by atoms with E-state index in [4.69, 9.17) is 5.11 Å². The van der Waals surface area contributed by atoms with Crippen LogP contribution >= 0.6 is 0 Å². The first-order chi connectivity index (χ1) is 8.75. The van der Waals surface area contributed by atoms with E-state index in [1.807, 2.05) is 14.0 Å². The standard InChI is InChI=1S/C16H23NO2/c1-11-6-7-12(16(2,3)4)10-13(11)14(17-5)8-9-15(18)19/h6-10,14,17H,1-5H3,(H,18,19)/b9-8+. The van der Waals surface area contributed by atoms with Crippen molar-refractivity contribution in [2.24, 2.45) is 0 Å². The number of carboxylic acids is 1. The molecular formula is C16H23NO2. The Bertz CT molecular complexity index is 484. The molecule has 0 aliphatic rings. The van der Waals surface area contributed by atoms with Gasteiger partial charge in [-0.25, -0.2) is 4.79 Å². The van der Waals surface area contributed by atoms with E-state index >= 15 is 0 Å². The molecule has 1 aromatic rings. The summed E-state index contributed by atoms with van der Waals surface area (Å²) in [6.07, 6.45) is 2.86. The predicted molar refractivity (Wildman–Crippen MR) is 78.5 cm³/mol. The van der Waals surface area contributed by atoms with E-state index < -0.39 is 5.97 Å². The smallest absolute Gasteiger partial charge is 0.328 e. The van der Waals surface area contributed by atoms with Crippen molar-refractivity contribution in [3.63, 3.8) is 0 Å². The van der Waals surface area contributed by atoms with E-state index in [0.717, 1.165) is 11.1 Å². The molecule has 0 aliphatic carbocycles. The van der Waals surface area contributed by atoms with Gasteiger partial charge in [-0.05, 0) is 36.1 Å². The van der Waals surface area contributed by atoms with Crippen LogP contribution < -0.4 is 5.32 Å². The van der Waals surface area contributed by atoms with Gasteiger partial charge >= 0.3 is 5.97 Å². The van der Waals surface area contributed by atoms with Crippen LogP contribution in [0.5, 0.6) is 0 Å². The Kier molecular flexibility index (Phi) is 4.90. The molecule has 19 heavy (non-hydrogen) atoms. The van der Waals surface area contributed by atoms with Crippen LogP contribution in [-0.2, 0) is 10.2 Å². The number of hydrogen-bond donors (Lipinski definition) is 2. The van der Waals surface area contributed by atoms with E-state index in [0.29, 0.717) is 0 Å². The minimum Gasteiger partial charge on any atom is -0.478 e. The summed E-state index contributed by atoms with van der Waals surface area (Å²) < 4.78 is 0. The molecule has 0 fully saturated rings. The second kappa shape index (κ2) is 6.02. The van der Waals surface area contributed by atoms with Gasteiger partial charge in [-0.3, -0.25) is 0 Å². The van der Waals surface area contributed by atoms with E-state index in [1.54, 1.807) is 6.08 Å². The van der Waals surface area contributed by atoms with Gasteiger partial charge in [0.15, 0.2) is 0 Å². The Labute approximate surface area is 115 Å². The quantitative estimate of drug-likeness (QED) is 0.818. The monoisotopic (exact) mass is 261 g/mol. The third-order valence-corrected chi connectivity index (χ3v) is 3.22. The zero-order chi connectivity index (χ0) is 14.6. The zero-order valence-electron chi connectivity index (χ0n) is 12.3. The van der Waals surface area contributed by atoms with Gasteiger partial charge in [0, 0.05) is 6.08 Å². The molecule has 0 radical (unpaired) electrons. The molecule has 1 atom stereocenters. The summed E-state index contributed by atoms with van der Waals surface area (Å²) >= 11 is 0. The van der Waals surface area contributed by atoms with Gasteiger partial charge in [0.2, 0.25) is 0 Å². The maximum atomic E-state index is 10.6. The summed E-state index contributed by atoms with van der Waals surface area (Å²) in [4.78, 5) is 10.6. The van der Waals surface area contributed by atoms with Crippen LogP contribution in [-0.4, -0.2) is 18.1 Å². The molecule has 0 spiro atoms. The first kappa shape index (κ1) is 15.4. The predicted octanol–water partition coefficient (Wildman–Crippen LogP) is 3.19. The SMILES string of the molecule is CNC(/C=C/C(=O)O)c1cc(C(C)(C)C)ccc1C. The van der Waals surface area contributed by atoms with Gasteiger partial charge in [-0.1, -0.05) is 45.0 Å². The highest BCUT2D eigenvalue weighted by atomic mass is 16.4. The number of aliphatic carboxylic acids is 1. The summed E-state index contributed by atoms with van der Waals surface area (Å²) in [5.74, 6) is -0.926. The van der Waals surface area contributed by atoms with Crippen molar-refractivity contribution in [1.82, 2.24) is 5.32 Å². The maximum absolute atomic E-state index is 10.6. The van der Waals surface area contributed by atoms with Crippen LogP contribution in [0.1, 0.15) is 43.5 Å². The number of nitrogens with one attached hydrogen (secondary N) is 1. The summed E-state index contributed by atoms with van der Waals surface area (Å²) in [6, 6.07) is 6.29. The minimum atomic E-state index is -0.926. The molecule has 2 N–H and O–H groups in total. The van der Waals surface area contributed by atoms with E-state index in [9.17, 15) is 4.79 Å². The molecule has 1 unspecified atom stereocenters. The van der Waals surface area contributed by atoms with Crippen molar-refractivity contribution < 1.29 is 9.90 Å². The van der Waals surface area contributed by atoms with Gasteiger partial charge in [0.25, 0.3) is 0 Å². The number of carbonyl (C=O) groups is 1. The van der Waals surface area contributed by atoms with Crippen molar-refractivity contribution >= 4 is 5.97 Å². The number of aryl methyl sites for hydroxylation is 1. The zero-order valence-corrected chi connectivity index (χ0v) is 12.3. The Balaban J connectivity index is 3.19. The lowest BCUT2D eigenvalue weighted by atomic mass is 9.84. The number of benzene rings is 1. The van der Waals surface area contributed by atoms with E-state index in [1.165, 1.54) is 11.6 Å². The lowest BCUT2D eigenvalue weighted by molar-refractivity contribution is -0.131. The van der Waals surface area contributed by atoms with Crippen molar-refractivity contribution in [1.29, 1.82) is 0 Å². The molecule has 0 amide bonds. The molecule has 0 aromatic heterocycles. The van der Waals surface area contributed by atoms with Gasteiger partial charge < -0.3 is 10.4 Å². The van der Waals surface area contributed by atoms with E-state index in [2.05, 4.69) is 44.3 Å². The Hall–Kier alpha value is -1.61. The molecule has 3 nitrogen and oxygen atoms in total. The van der Waals surface area contributed by atoms with Crippen LogP contribution in [0.2, 0.25) is 0 Å². The third kappa shape index (κ3) is 4.21. The van der Waals surface area contributed by atoms with E-state index in [-0.39, 0.29) is 11.5 Å². The topological polar surface area (TPSA) is 49.3 Å². The van der Waals surface area contributed by atoms with Gasteiger partial charge in [-0.2, -0.15) is 0 Å². The lowest BCUT2D eigenvalue weighted by Gasteiger charge is -2.23. The van der Waals surface area contributed by atoms with Crippen LogP contribution in [0.15, 0.2) is 30.4 Å². The molecule has 0 aliphatic heterocycles. The molecule has 1 aromatic carbocycles. The third-order valence-electron chi connectivity index (χ3n) is 3.22. The fraction of sp³-hybridized carbons (Fsp3) is 0.438. The molecule has 104 valence electrons. The number of rotatable bonds is 4. The highest BCUT2D eigenvalue weighted by molar-refractivity contribution is 5.79. The summed E-state index contributed by atoms with van der Waals surface area (Å²) in [5, 5.41) is 11.9. The van der Waals surface area contributed by atoms with Crippen LogP contribution in [0.3, 0.4) is 0 Å². The average molecular weight is 261 g/mol. The Morgan fingerprint density at radius 3 is 2.47 bits per heavy atom. The second-order valence-corrected chi connectivity index (χ2v) is 5.79. The molecule has 0 saturated carbocycles. The molecule has 3 heteroatoms. The molecular weight excluding hydrogens is 238 g/mol. The first-order valence-electron chi connectivity index (χ1n) is 6.45. The van der Waals surface area contributed by atoms with Gasteiger partial charge in [-0.15, -0.1) is 0 Å².